The normalized spacial score (nSPS) is 16.3. The highest BCUT2D eigenvalue weighted by atomic mass is 16.7. The summed E-state index contributed by atoms with van der Waals surface area (Å²) < 4.78 is 15.8. The van der Waals surface area contributed by atoms with Crippen molar-refractivity contribution in [1.29, 1.82) is 0 Å². The van der Waals surface area contributed by atoms with Gasteiger partial charge < -0.3 is 19.5 Å². The lowest BCUT2D eigenvalue weighted by atomic mass is 9.97. The molecule has 0 aliphatic carbocycles. The molecule has 2 aliphatic heterocycles. The summed E-state index contributed by atoms with van der Waals surface area (Å²) in [5.74, 6) is 2.86. The largest absolute Gasteiger partial charge is 0.469 e. The van der Waals surface area contributed by atoms with Gasteiger partial charge in [0.25, 0.3) is 0 Å². The molecule has 1 aromatic heterocycles. The first-order valence-electron chi connectivity index (χ1n) is 10.8. The van der Waals surface area contributed by atoms with E-state index in [9.17, 15) is 4.79 Å². The third kappa shape index (κ3) is 4.05. The minimum Gasteiger partial charge on any atom is -0.469 e. The van der Waals surface area contributed by atoms with Crippen molar-refractivity contribution in [3.8, 4) is 11.5 Å². The number of carbonyl (C=O) groups excluding carboxylic acids is 1. The summed E-state index contributed by atoms with van der Waals surface area (Å²) in [7, 11) is 1.45. The quantitative estimate of drug-likeness (QED) is 0.607. The van der Waals surface area contributed by atoms with E-state index in [0.29, 0.717) is 6.54 Å². The number of ether oxygens (including phenoxy) is 3. The van der Waals surface area contributed by atoms with Crippen LogP contribution in [-0.4, -0.2) is 47.8 Å². The van der Waals surface area contributed by atoms with Gasteiger partial charge in [0.15, 0.2) is 11.5 Å². The van der Waals surface area contributed by atoms with Crippen LogP contribution in [0.2, 0.25) is 0 Å². The highest BCUT2D eigenvalue weighted by Gasteiger charge is 2.26. The van der Waals surface area contributed by atoms with Crippen LogP contribution in [0.5, 0.6) is 11.5 Å². The van der Waals surface area contributed by atoms with Gasteiger partial charge in [-0.25, -0.2) is 9.97 Å². The Morgan fingerprint density at radius 1 is 1.16 bits per heavy atom. The van der Waals surface area contributed by atoms with Crippen molar-refractivity contribution in [2.45, 2.75) is 26.3 Å². The molecule has 8 nitrogen and oxygen atoms in total. The zero-order valence-electron chi connectivity index (χ0n) is 18.3. The van der Waals surface area contributed by atoms with E-state index >= 15 is 0 Å². The van der Waals surface area contributed by atoms with E-state index in [-0.39, 0.29) is 18.7 Å². The minimum absolute atomic E-state index is 0.0146. The van der Waals surface area contributed by atoms with Crippen LogP contribution in [0, 0.1) is 12.8 Å². The molecular weight excluding hydrogens is 408 g/mol. The molecule has 8 heteroatoms. The molecule has 1 fully saturated rings. The smallest absolute Gasteiger partial charge is 0.308 e. The van der Waals surface area contributed by atoms with Crippen LogP contribution in [0.4, 0.5) is 11.5 Å². The fourth-order valence-electron chi connectivity index (χ4n) is 4.31. The summed E-state index contributed by atoms with van der Waals surface area (Å²) >= 11 is 0. The van der Waals surface area contributed by atoms with Crippen molar-refractivity contribution < 1.29 is 19.0 Å². The number of carbonyl (C=O) groups is 1. The summed E-state index contributed by atoms with van der Waals surface area (Å²) in [4.78, 5) is 23.8. The maximum Gasteiger partial charge on any atom is 0.308 e. The van der Waals surface area contributed by atoms with E-state index in [0.717, 1.165) is 71.2 Å². The summed E-state index contributed by atoms with van der Waals surface area (Å²) in [6.07, 6.45) is 1.59. The van der Waals surface area contributed by atoms with Crippen LogP contribution in [0.25, 0.3) is 10.9 Å². The molecule has 0 amide bonds. The number of rotatable bonds is 5. The summed E-state index contributed by atoms with van der Waals surface area (Å²) in [5, 5.41) is 4.41. The van der Waals surface area contributed by atoms with Gasteiger partial charge in [-0.3, -0.25) is 9.69 Å². The predicted octanol–water partition coefficient (Wildman–Crippen LogP) is 3.80. The zero-order valence-corrected chi connectivity index (χ0v) is 18.3. The number of likely N-dealkylation sites (tertiary alicyclic amines) is 1. The third-order valence-electron chi connectivity index (χ3n) is 6.10. The van der Waals surface area contributed by atoms with Gasteiger partial charge in [-0.05, 0) is 56.6 Å². The highest BCUT2D eigenvalue weighted by Crippen LogP contribution is 2.36. The Morgan fingerprint density at radius 3 is 2.78 bits per heavy atom. The molecule has 0 saturated carbocycles. The molecule has 0 unspecified atom stereocenters. The number of nitrogens with zero attached hydrogens (tertiary/aromatic N) is 3. The molecule has 1 saturated heterocycles. The molecule has 166 valence electrons. The number of aromatic nitrogens is 2. The van der Waals surface area contributed by atoms with Crippen molar-refractivity contribution in [3.05, 3.63) is 47.8 Å². The van der Waals surface area contributed by atoms with Gasteiger partial charge in [-0.1, -0.05) is 12.1 Å². The van der Waals surface area contributed by atoms with Crippen LogP contribution in [0.1, 0.15) is 24.2 Å². The lowest BCUT2D eigenvalue weighted by molar-refractivity contribution is -0.147. The average molecular weight is 434 g/mol. The van der Waals surface area contributed by atoms with E-state index in [4.69, 9.17) is 24.2 Å². The first-order chi connectivity index (χ1) is 15.6. The van der Waals surface area contributed by atoms with Crippen molar-refractivity contribution in [2.75, 3.05) is 32.3 Å². The minimum atomic E-state index is -0.113. The summed E-state index contributed by atoms with van der Waals surface area (Å²) in [5.41, 5.74) is 2.91. The van der Waals surface area contributed by atoms with E-state index in [1.54, 1.807) is 0 Å². The van der Waals surface area contributed by atoms with Crippen molar-refractivity contribution in [2.24, 2.45) is 5.92 Å². The fourth-order valence-corrected chi connectivity index (χ4v) is 4.31. The Bertz CT molecular complexity index is 1160. The second kappa shape index (κ2) is 8.63. The summed E-state index contributed by atoms with van der Waals surface area (Å²) in [6, 6.07) is 11.9. The second-order valence-corrected chi connectivity index (χ2v) is 8.23. The molecule has 1 N–H and O–H groups in total. The second-order valence-electron chi connectivity index (χ2n) is 8.23. The number of nitrogens with one attached hydrogen (secondary N) is 1. The Morgan fingerprint density at radius 2 is 1.97 bits per heavy atom. The molecule has 3 heterocycles. The maximum absolute atomic E-state index is 11.8. The van der Waals surface area contributed by atoms with Crippen LogP contribution in [-0.2, 0) is 16.1 Å². The summed E-state index contributed by atoms with van der Waals surface area (Å²) in [6.45, 7) is 4.57. The first-order valence-corrected chi connectivity index (χ1v) is 10.8. The molecule has 0 spiro atoms. The van der Waals surface area contributed by atoms with Gasteiger partial charge in [0, 0.05) is 17.1 Å². The van der Waals surface area contributed by atoms with Crippen molar-refractivity contribution in [1.82, 2.24) is 14.9 Å². The van der Waals surface area contributed by atoms with Gasteiger partial charge in [0.1, 0.15) is 11.6 Å². The van der Waals surface area contributed by atoms with Crippen molar-refractivity contribution >= 4 is 28.4 Å². The molecule has 32 heavy (non-hydrogen) atoms. The Hall–Kier alpha value is -3.39. The highest BCUT2D eigenvalue weighted by molar-refractivity contribution is 5.92. The SMILES string of the molecule is COC(=O)C1CCN(Cc2nc(Nc3ccc4c(c3)OCO4)c3cccc(C)c3n2)CC1. The molecule has 5 rings (SSSR count). The van der Waals surface area contributed by atoms with Gasteiger partial charge in [0.2, 0.25) is 6.79 Å². The fraction of sp³-hybridized carbons (Fsp3) is 0.375. The average Bonchev–Trinajstić information content (AvgIpc) is 3.28. The lowest BCUT2D eigenvalue weighted by Crippen LogP contribution is -2.36. The zero-order chi connectivity index (χ0) is 22.1. The topological polar surface area (TPSA) is 85.8 Å². The number of hydrogen-bond acceptors (Lipinski definition) is 8. The number of fused-ring (bicyclic) bond motifs is 2. The maximum atomic E-state index is 11.8. The number of esters is 1. The number of piperidine rings is 1. The van der Waals surface area contributed by atoms with E-state index < -0.39 is 0 Å². The van der Waals surface area contributed by atoms with Crippen molar-refractivity contribution in [3.63, 3.8) is 0 Å². The third-order valence-corrected chi connectivity index (χ3v) is 6.10. The number of hydrogen-bond donors (Lipinski definition) is 1. The first kappa shape index (κ1) is 20.5. The van der Waals surface area contributed by atoms with Gasteiger partial charge in [-0.15, -0.1) is 0 Å². The molecule has 2 aliphatic rings. The Balaban J connectivity index is 1.41. The molecule has 2 aromatic carbocycles. The van der Waals surface area contributed by atoms with Crippen LogP contribution in [0.15, 0.2) is 36.4 Å². The Labute approximate surface area is 186 Å². The van der Waals surface area contributed by atoms with E-state index in [1.807, 2.05) is 30.3 Å². The van der Waals surface area contributed by atoms with Crippen LogP contribution >= 0.6 is 0 Å². The van der Waals surface area contributed by atoms with Crippen LogP contribution in [0.3, 0.4) is 0 Å². The van der Waals surface area contributed by atoms with Gasteiger partial charge >= 0.3 is 5.97 Å². The van der Waals surface area contributed by atoms with Gasteiger partial charge in [-0.2, -0.15) is 0 Å². The molecule has 0 radical (unpaired) electrons. The number of anilines is 2. The molecule has 3 aromatic rings. The Kier molecular flexibility index (Phi) is 5.53. The number of aryl methyl sites for hydroxylation is 1. The number of methoxy groups -OCH3 is 1. The standard InChI is InChI=1S/C24H26N4O4/c1-15-4-3-5-18-22(15)26-21(13-28-10-8-16(9-11-28)24(29)30-2)27-23(18)25-17-6-7-19-20(12-17)32-14-31-19/h3-7,12,16H,8-11,13-14H2,1-2H3,(H,25,26,27). The lowest BCUT2D eigenvalue weighted by Gasteiger charge is -2.30. The van der Waals surface area contributed by atoms with Crippen LogP contribution < -0.4 is 14.8 Å². The monoisotopic (exact) mass is 434 g/mol. The number of benzene rings is 2. The predicted molar refractivity (Wildman–Crippen MR) is 120 cm³/mol. The van der Waals surface area contributed by atoms with E-state index in [2.05, 4.69) is 23.2 Å². The number of para-hydroxylation sites is 1. The molecule has 0 bridgehead atoms. The molecule has 0 atom stereocenters. The van der Waals surface area contributed by atoms with E-state index in [1.165, 1.54) is 7.11 Å². The van der Waals surface area contributed by atoms with Gasteiger partial charge in [0.05, 0.1) is 25.1 Å². The molecular formula is C24H26N4O4.